The van der Waals surface area contributed by atoms with E-state index in [9.17, 15) is 49.9 Å². The van der Waals surface area contributed by atoms with Gasteiger partial charge in [0.15, 0.2) is 6.61 Å². The molecule has 0 aromatic heterocycles. The predicted molar refractivity (Wildman–Crippen MR) is 78.2 cm³/mol. The van der Waals surface area contributed by atoms with Gasteiger partial charge < -0.3 is 4.74 Å². The SMILES string of the molecule is O=C(CS(=O)c1ccc(SC(F)(F)F)cc1[N+](=O)[O-])OCC(F)(F)C(F)F. The summed E-state index contributed by atoms with van der Waals surface area (Å²) in [5.41, 5.74) is -5.75. The highest BCUT2D eigenvalue weighted by Crippen LogP contribution is 2.39. The van der Waals surface area contributed by atoms with E-state index >= 15 is 0 Å². The molecule has 0 spiro atoms. The Morgan fingerprint density at radius 3 is 2.33 bits per heavy atom. The number of carbonyl (C=O) groups is 1. The maximum Gasteiger partial charge on any atom is 0.446 e. The first-order valence-corrected chi connectivity index (χ1v) is 8.60. The molecule has 1 aromatic rings. The van der Waals surface area contributed by atoms with Gasteiger partial charge in [-0.25, -0.2) is 8.78 Å². The van der Waals surface area contributed by atoms with Crippen molar-refractivity contribution in [3.8, 4) is 0 Å². The van der Waals surface area contributed by atoms with Crippen LogP contribution >= 0.6 is 11.8 Å². The lowest BCUT2D eigenvalue weighted by Gasteiger charge is -2.14. The molecule has 0 saturated carbocycles. The summed E-state index contributed by atoms with van der Waals surface area (Å²) < 4.78 is 102. The first-order chi connectivity index (χ1) is 12.2. The first kappa shape index (κ1) is 23.1. The van der Waals surface area contributed by atoms with Crippen LogP contribution in [0.3, 0.4) is 0 Å². The molecule has 1 aromatic carbocycles. The number of esters is 1. The number of hydrogen-bond acceptors (Lipinski definition) is 6. The fourth-order valence-electron chi connectivity index (χ4n) is 1.50. The van der Waals surface area contributed by atoms with Crippen LogP contribution in [0.5, 0.6) is 0 Å². The number of ether oxygens (including phenoxy) is 1. The molecule has 27 heavy (non-hydrogen) atoms. The summed E-state index contributed by atoms with van der Waals surface area (Å²) in [7, 11) is -2.56. The minimum Gasteiger partial charge on any atom is -0.458 e. The maximum atomic E-state index is 12.6. The van der Waals surface area contributed by atoms with Crippen molar-refractivity contribution in [3.05, 3.63) is 28.3 Å². The van der Waals surface area contributed by atoms with E-state index in [-0.39, 0.29) is 0 Å². The molecule has 0 N–H and O–H groups in total. The van der Waals surface area contributed by atoms with E-state index in [1.165, 1.54) is 0 Å². The van der Waals surface area contributed by atoms with Crippen molar-refractivity contribution in [2.75, 3.05) is 12.4 Å². The molecule has 1 unspecified atom stereocenters. The number of nitrogens with zero attached hydrogens (tertiary/aromatic N) is 1. The number of thioether (sulfide) groups is 1. The van der Waals surface area contributed by atoms with E-state index in [2.05, 4.69) is 4.74 Å². The Hall–Kier alpha value is -1.90. The van der Waals surface area contributed by atoms with E-state index in [0.717, 1.165) is 6.07 Å². The second-order valence-electron chi connectivity index (χ2n) is 4.65. The van der Waals surface area contributed by atoms with Crippen LogP contribution in [-0.4, -0.2) is 45.3 Å². The zero-order valence-corrected chi connectivity index (χ0v) is 14.3. The van der Waals surface area contributed by atoms with E-state index in [1.807, 2.05) is 0 Å². The van der Waals surface area contributed by atoms with Gasteiger partial charge in [-0.3, -0.25) is 19.1 Å². The Balaban J connectivity index is 2.90. The van der Waals surface area contributed by atoms with E-state index in [0.29, 0.717) is 12.1 Å². The minimum atomic E-state index is -4.74. The van der Waals surface area contributed by atoms with Gasteiger partial charge in [-0.2, -0.15) is 22.0 Å². The Kier molecular flexibility index (Phi) is 7.59. The number of rotatable bonds is 8. The van der Waals surface area contributed by atoms with Crippen molar-refractivity contribution in [1.29, 1.82) is 0 Å². The predicted octanol–water partition coefficient (Wildman–Crippen LogP) is 3.76. The van der Waals surface area contributed by atoms with Crippen LogP contribution in [0.25, 0.3) is 0 Å². The Labute approximate surface area is 152 Å². The summed E-state index contributed by atoms with van der Waals surface area (Å²) in [6, 6.07) is 1.93. The largest absolute Gasteiger partial charge is 0.458 e. The summed E-state index contributed by atoms with van der Waals surface area (Å²) in [5.74, 6) is -7.46. The molecule has 15 heteroatoms. The highest BCUT2D eigenvalue weighted by Gasteiger charge is 2.42. The number of benzene rings is 1. The maximum absolute atomic E-state index is 12.6. The average Bonchev–Trinajstić information content (AvgIpc) is 2.51. The average molecular weight is 443 g/mol. The lowest BCUT2D eigenvalue weighted by atomic mass is 10.3. The molecule has 6 nitrogen and oxygen atoms in total. The summed E-state index contributed by atoms with van der Waals surface area (Å²) >= 11 is -0.669. The quantitative estimate of drug-likeness (QED) is 0.200. The molecule has 0 aliphatic carbocycles. The van der Waals surface area contributed by atoms with Gasteiger partial charge in [-0.1, -0.05) is 0 Å². The van der Waals surface area contributed by atoms with Crippen LogP contribution < -0.4 is 0 Å². The Bertz CT molecular complexity index is 741. The van der Waals surface area contributed by atoms with E-state index < -0.39 is 79.1 Å². The lowest BCUT2D eigenvalue weighted by molar-refractivity contribution is -0.388. The van der Waals surface area contributed by atoms with Crippen LogP contribution in [0.2, 0.25) is 0 Å². The van der Waals surface area contributed by atoms with Crippen LogP contribution in [0.1, 0.15) is 0 Å². The molecular formula is C12H8F7NO5S2. The number of alkyl halides is 7. The van der Waals surface area contributed by atoms with Crippen LogP contribution in [0.15, 0.2) is 28.0 Å². The molecule has 0 aliphatic heterocycles. The zero-order valence-electron chi connectivity index (χ0n) is 12.7. The second kappa shape index (κ2) is 8.86. The second-order valence-corrected chi connectivity index (χ2v) is 7.20. The molecule has 0 saturated heterocycles. The number of carbonyl (C=O) groups excluding carboxylic acids is 1. The Morgan fingerprint density at radius 1 is 1.26 bits per heavy atom. The molecular weight excluding hydrogens is 435 g/mol. The van der Waals surface area contributed by atoms with Gasteiger partial charge in [0.1, 0.15) is 10.6 Å². The number of nitro groups is 1. The van der Waals surface area contributed by atoms with Gasteiger partial charge in [0.05, 0.1) is 15.7 Å². The minimum absolute atomic E-state index is 0.474. The van der Waals surface area contributed by atoms with Crippen LogP contribution in [-0.2, 0) is 20.3 Å². The van der Waals surface area contributed by atoms with Crippen molar-refractivity contribution in [1.82, 2.24) is 0 Å². The summed E-state index contributed by atoms with van der Waals surface area (Å²) in [6.45, 7) is -2.00. The van der Waals surface area contributed by atoms with Crippen molar-refractivity contribution in [2.24, 2.45) is 0 Å². The molecule has 0 heterocycles. The van der Waals surface area contributed by atoms with Gasteiger partial charge in [0.2, 0.25) is 0 Å². The molecule has 0 aliphatic rings. The normalized spacial score (nSPS) is 13.5. The first-order valence-electron chi connectivity index (χ1n) is 6.47. The third-order valence-electron chi connectivity index (χ3n) is 2.60. The third-order valence-corrected chi connectivity index (χ3v) is 4.65. The van der Waals surface area contributed by atoms with E-state index in [4.69, 9.17) is 0 Å². The smallest absolute Gasteiger partial charge is 0.446 e. The zero-order chi connectivity index (χ0) is 21.0. The van der Waals surface area contributed by atoms with Crippen molar-refractivity contribution >= 4 is 34.2 Å². The molecule has 0 bridgehead atoms. The van der Waals surface area contributed by atoms with Gasteiger partial charge in [0, 0.05) is 11.0 Å². The number of nitro benzene ring substituents is 1. The van der Waals surface area contributed by atoms with Crippen molar-refractivity contribution in [3.63, 3.8) is 0 Å². The fourth-order valence-corrected chi connectivity index (χ4v) is 3.11. The highest BCUT2D eigenvalue weighted by atomic mass is 32.2. The molecule has 1 rings (SSSR count). The Morgan fingerprint density at radius 2 is 1.85 bits per heavy atom. The summed E-state index contributed by atoms with van der Waals surface area (Å²) in [4.78, 5) is 19.9. The number of hydrogen-bond donors (Lipinski definition) is 0. The topological polar surface area (TPSA) is 86.5 Å². The standard InChI is InChI=1S/C12H8F7NO5S2/c13-10(14)11(15,16)5-25-9(21)4-27(24)8-2-1-6(26-12(17,18)19)3-7(8)20(22)23/h1-3,10H,4-5H2. The third kappa shape index (κ3) is 7.32. The molecule has 0 amide bonds. The van der Waals surface area contributed by atoms with E-state index in [1.54, 1.807) is 0 Å². The lowest BCUT2D eigenvalue weighted by Crippen LogP contribution is -2.34. The van der Waals surface area contributed by atoms with Gasteiger partial charge in [-0.15, -0.1) is 0 Å². The van der Waals surface area contributed by atoms with Crippen LogP contribution in [0, 0.1) is 10.1 Å². The van der Waals surface area contributed by atoms with Crippen LogP contribution in [0.4, 0.5) is 36.4 Å². The summed E-state index contributed by atoms with van der Waals surface area (Å²) in [5, 5.41) is 10.9. The molecule has 1 atom stereocenters. The molecule has 152 valence electrons. The monoisotopic (exact) mass is 443 g/mol. The highest BCUT2D eigenvalue weighted by molar-refractivity contribution is 8.00. The van der Waals surface area contributed by atoms with Gasteiger partial charge in [-0.05, 0) is 23.9 Å². The fraction of sp³-hybridized carbons (Fsp3) is 0.417. The van der Waals surface area contributed by atoms with Gasteiger partial charge in [0.25, 0.3) is 5.69 Å². The van der Waals surface area contributed by atoms with Crippen molar-refractivity contribution < 1.29 is 49.4 Å². The summed E-state index contributed by atoms with van der Waals surface area (Å²) in [6.07, 6.45) is -4.12. The van der Waals surface area contributed by atoms with Gasteiger partial charge >= 0.3 is 23.8 Å². The van der Waals surface area contributed by atoms with Crippen molar-refractivity contribution in [2.45, 2.75) is 27.6 Å². The molecule has 0 fully saturated rings. The number of halogens is 7. The molecule has 0 radical (unpaired) electrons.